The summed E-state index contributed by atoms with van der Waals surface area (Å²) in [7, 11) is 0. The number of nitrogens with one attached hydrogen (secondary N) is 1. The number of benzene rings is 2. The van der Waals surface area contributed by atoms with Gasteiger partial charge in [0.25, 0.3) is 0 Å². The third kappa shape index (κ3) is 8.54. The molecule has 0 radical (unpaired) electrons. The first kappa shape index (κ1) is 31.1. The number of alkyl halides is 3. The zero-order valence-corrected chi connectivity index (χ0v) is 22.9. The van der Waals surface area contributed by atoms with Crippen LogP contribution in [-0.2, 0) is 27.2 Å². The smallest absolute Gasteiger partial charge is 0.489 e. The number of hydrogen-bond donors (Lipinski definition) is 2. The molecule has 0 spiro atoms. The largest absolute Gasteiger partial charge is 0.491 e. The SMILES string of the molecule is CCC(CC(=O)OC(=O)C(F)(F)F)c1cccc(C#N)c1OC[C@@H](O)CNC(C)(C)CC1Cc2ccccc2C1. The van der Waals surface area contributed by atoms with E-state index in [1.54, 1.807) is 19.1 Å². The van der Waals surface area contributed by atoms with Gasteiger partial charge in [-0.25, -0.2) is 4.79 Å². The molecule has 0 aromatic heterocycles. The predicted molar refractivity (Wildman–Crippen MR) is 142 cm³/mol. The number of nitriles is 1. The molecule has 0 aliphatic heterocycles. The average Bonchev–Trinajstić information content (AvgIpc) is 3.30. The zero-order chi connectivity index (χ0) is 29.5. The van der Waals surface area contributed by atoms with Crippen LogP contribution < -0.4 is 10.1 Å². The van der Waals surface area contributed by atoms with E-state index >= 15 is 0 Å². The molecule has 2 atom stereocenters. The maximum absolute atomic E-state index is 12.5. The molecule has 2 aromatic rings. The Morgan fingerprint density at radius 1 is 1.12 bits per heavy atom. The van der Waals surface area contributed by atoms with Crippen molar-refractivity contribution in [2.45, 2.75) is 76.6 Å². The highest BCUT2D eigenvalue weighted by atomic mass is 19.4. The highest BCUT2D eigenvalue weighted by molar-refractivity contribution is 5.88. The lowest BCUT2D eigenvalue weighted by molar-refractivity contribution is -0.202. The van der Waals surface area contributed by atoms with Crippen LogP contribution in [0.25, 0.3) is 0 Å². The number of para-hydroxylation sites is 1. The maximum Gasteiger partial charge on any atom is 0.491 e. The van der Waals surface area contributed by atoms with Gasteiger partial charge in [0, 0.05) is 12.1 Å². The Bertz CT molecular complexity index is 1210. The Kier molecular flexibility index (Phi) is 10.3. The minimum absolute atomic E-state index is 0.133. The second-order valence-corrected chi connectivity index (χ2v) is 10.9. The summed E-state index contributed by atoms with van der Waals surface area (Å²) >= 11 is 0. The first-order valence-electron chi connectivity index (χ1n) is 13.3. The average molecular weight is 561 g/mol. The van der Waals surface area contributed by atoms with Gasteiger partial charge in [-0.2, -0.15) is 18.4 Å². The molecule has 1 aliphatic rings. The first-order chi connectivity index (χ1) is 18.8. The Balaban J connectivity index is 1.58. The molecule has 216 valence electrons. The third-order valence-corrected chi connectivity index (χ3v) is 7.12. The minimum Gasteiger partial charge on any atom is -0.489 e. The number of carbonyl (C=O) groups is 2. The van der Waals surface area contributed by atoms with E-state index in [2.05, 4.69) is 48.2 Å². The van der Waals surface area contributed by atoms with Gasteiger partial charge in [-0.3, -0.25) is 4.79 Å². The number of aliphatic hydroxyl groups is 1. The zero-order valence-electron chi connectivity index (χ0n) is 22.9. The van der Waals surface area contributed by atoms with E-state index in [9.17, 15) is 33.1 Å². The molecule has 3 rings (SSSR count). The van der Waals surface area contributed by atoms with Crippen LogP contribution in [0.4, 0.5) is 13.2 Å². The van der Waals surface area contributed by atoms with Crippen molar-refractivity contribution < 1.29 is 37.3 Å². The molecule has 0 amide bonds. The fourth-order valence-corrected chi connectivity index (χ4v) is 5.22. The molecule has 0 fully saturated rings. The molecular formula is C30H35F3N2O5. The number of hydrogen-bond acceptors (Lipinski definition) is 7. The molecule has 0 heterocycles. The number of fused-ring (bicyclic) bond motifs is 1. The van der Waals surface area contributed by atoms with E-state index in [1.165, 1.54) is 17.2 Å². The predicted octanol–water partition coefficient (Wildman–Crippen LogP) is 4.99. The van der Waals surface area contributed by atoms with Crippen LogP contribution in [0.1, 0.15) is 68.2 Å². The number of ether oxygens (including phenoxy) is 2. The topological polar surface area (TPSA) is 109 Å². The summed E-state index contributed by atoms with van der Waals surface area (Å²) in [5.74, 6) is -3.96. The third-order valence-electron chi connectivity index (χ3n) is 7.12. The summed E-state index contributed by atoms with van der Waals surface area (Å²) in [6.07, 6.45) is -3.46. The number of carbonyl (C=O) groups excluding carboxylic acids is 2. The standard InChI is InChI=1S/C30H35F3N2O5/c1-4-20(14-26(37)40-28(38)30(31,32)33)25-11-7-10-23(16-34)27(25)39-18-24(36)17-35-29(2,3)15-19-12-21-8-5-6-9-22(21)13-19/h5-11,19-20,24,35-36H,4,12-15,17-18H2,1-3H3/t20?,24-/m0/s1. The lowest BCUT2D eigenvalue weighted by Gasteiger charge is -2.30. The fraction of sp³-hybridized carbons (Fsp3) is 0.500. The second kappa shape index (κ2) is 13.3. The maximum atomic E-state index is 12.5. The Hall–Kier alpha value is -3.42. The van der Waals surface area contributed by atoms with Crippen molar-refractivity contribution in [2.24, 2.45) is 5.92 Å². The number of aliphatic hydroxyl groups excluding tert-OH is 1. The van der Waals surface area contributed by atoms with Gasteiger partial charge >= 0.3 is 18.1 Å². The van der Waals surface area contributed by atoms with Gasteiger partial charge in [-0.05, 0) is 74.1 Å². The number of esters is 2. The monoisotopic (exact) mass is 560 g/mol. The summed E-state index contributed by atoms with van der Waals surface area (Å²) in [5.41, 5.74) is 3.07. The van der Waals surface area contributed by atoms with Crippen molar-refractivity contribution >= 4 is 11.9 Å². The van der Waals surface area contributed by atoms with Crippen LogP contribution in [0.5, 0.6) is 5.75 Å². The molecule has 7 nitrogen and oxygen atoms in total. The summed E-state index contributed by atoms with van der Waals surface area (Å²) in [6, 6.07) is 15.1. The molecule has 1 aliphatic carbocycles. The quantitative estimate of drug-likeness (QED) is 0.278. The van der Waals surface area contributed by atoms with Gasteiger partial charge in [-0.15, -0.1) is 0 Å². The molecule has 0 bridgehead atoms. The molecule has 10 heteroatoms. The van der Waals surface area contributed by atoms with Gasteiger partial charge in [0.05, 0.1) is 12.0 Å². The first-order valence-corrected chi connectivity index (χ1v) is 13.3. The highest BCUT2D eigenvalue weighted by Gasteiger charge is 2.42. The van der Waals surface area contributed by atoms with Crippen LogP contribution in [0.2, 0.25) is 0 Å². The van der Waals surface area contributed by atoms with Crippen molar-refractivity contribution in [3.63, 3.8) is 0 Å². The second-order valence-electron chi connectivity index (χ2n) is 10.9. The van der Waals surface area contributed by atoms with Crippen LogP contribution >= 0.6 is 0 Å². The molecule has 0 saturated heterocycles. The van der Waals surface area contributed by atoms with Crippen molar-refractivity contribution in [1.29, 1.82) is 5.26 Å². The number of rotatable bonds is 12. The van der Waals surface area contributed by atoms with Crippen LogP contribution in [-0.4, -0.2) is 48.0 Å². The van der Waals surface area contributed by atoms with Gasteiger partial charge in [0.15, 0.2) is 0 Å². The number of nitrogens with zero attached hydrogens (tertiary/aromatic N) is 1. The van der Waals surface area contributed by atoms with E-state index in [0.717, 1.165) is 19.3 Å². The Morgan fingerprint density at radius 2 is 1.77 bits per heavy atom. The highest BCUT2D eigenvalue weighted by Crippen LogP contribution is 2.35. The van der Waals surface area contributed by atoms with E-state index in [-0.39, 0.29) is 30.0 Å². The van der Waals surface area contributed by atoms with Gasteiger partial charge in [0.2, 0.25) is 0 Å². The van der Waals surface area contributed by atoms with Crippen LogP contribution in [0.3, 0.4) is 0 Å². The van der Waals surface area contributed by atoms with E-state index in [1.807, 2.05) is 6.07 Å². The number of β-amino-alcohol motifs (C(OH)–C–C–N with tert-alkyl or cyclic N) is 1. The molecule has 1 unspecified atom stereocenters. The molecule has 0 saturated carbocycles. The normalized spacial score (nSPS) is 15.2. The van der Waals surface area contributed by atoms with Crippen molar-refractivity contribution in [1.82, 2.24) is 5.32 Å². The Labute approximate surface area is 232 Å². The summed E-state index contributed by atoms with van der Waals surface area (Å²) in [4.78, 5) is 23.1. The van der Waals surface area contributed by atoms with Gasteiger partial charge < -0.3 is 19.9 Å². The molecule has 40 heavy (non-hydrogen) atoms. The molecular weight excluding hydrogens is 525 g/mol. The number of halogens is 3. The minimum atomic E-state index is -5.28. The van der Waals surface area contributed by atoms with Crippen LogP contribution in [0, 0.1) is 17.2 Å². The molecule has 2 aromatic carbocycles. The van der Waals surface area contributed by atoms with Gasteiger partial charge in [-0.1, -0.05) is 43.3 Å². The summed E-state index contributed by atoms with van der Waals surface area (Å²) in [6.45, 7) is 5.95. The molecule has 2 N–H and O–H groups in total. The fourth-order valence-electron chi connectivity index (χ4n) is 5.22. The van der Waals surface area contributed by atoms with Crippen LogP contribution in [0.15, 0.2) is 42.5 Å². The van der Waals surface area contributed by atoms with Crippen molar-refractivity contribution in [3.05, 3.63) is 64.7 Å². The summed E-state index contributed by atoms with van der Waals surface area (Å²) in [5, 5.41) is 23.7. The van der Waals surface area contributed by atoms with E-state index < -0.39 is 36.6 Å². The van der Waals surface area contributed by atoms with E-state index in [0.29, 0.717) is 17.9 Å². The van der Waals surface area contributed by atoms with E-state index in [4.69, 9.17) is 4.74 Å². The van der Waals surface area contributed by atoms with Gasteiger partial charge in [0.1, 0.15) is 24.5 Å². The lowest BCUT2D eigenvalue weighted by atomic mass is 9.88. The lowest BCUT2D eigenvalue weighted by Crippen LogP contribution is -2.46. The van der Waals surface area contributed by atoms with Crippen molar-refractivity contribution in [3.8, 4) is 11.8 Å². The Morgan fingerprint density at radius 3 is 2.35 bits per heavy atom. The van der Waals surface area contributed by atoms with Crippen molar-refractivity contribution in [2.75, 3.05) is 13.2 Å². The summed E-state index contributed by atoms with van der Waals surface area (Å²) < 4.78 is 47.2.